The van der Waals surface area contributed by atoms with Gasteiger partial charge in [-0.05, 0) is 31.2 Å². The fourth-order valence-corrected chi connectivity index (χ4v) is 4.05. The van der Waals surface area contributed by atoms with Gasteiger partial charge >= 0.3 is 10.1 Å². The van der Waals surface area contributed by atoms with Crippen LogP contribution in [0.15, 0.2) is 40.9 Å². The topological polar surface area (TPSA) is 61.2 Å². The average molecular weight is 308 g/mol. The third-order valence-corrected chi connectivity index (χ3v) is 5.56. The van der Waals surface area contributed by atoms with Crippen LogP contribution in [0.4, 0.5) is 0 Å². The molecule has 0 aliphatic rings. The summed E-state index contributed by atoms with van der Waals surface area (Å²) in [5, 5.41) is 0. The number of thiophene rings is 1. The van der Waals surface area contributed by atoms with E-state index in [1.54, 1.807) is 36.7 Å². The molecule has 0 atom stereocenters. The molecular formula is C13H12N2O3S2. The monoisotopic (exact) mass is 308 g/mol. The molecule has 104 valence electrons. The molecule has 1 aromatic carbocycles. The summed E-state index contributed by atoms with van der Waals surface area (Å²) in [5.41, 5.74) is 1.62. The van der Waals surface area contributed by atoms with Crippen molar-refractivity contribution in [2.24, 2.45) is 7.05 Å². The van der Waals surface area contributed by atoms with Crippen LogP contribution in [0.5, 0.6) is 5.75 Å². The van der Waals surface area contributed by atoms with E-state index in [0.29, 0.717) is 5.52 Å². The second-order valence-electron chi connectivity index (χ2n) is 4.41. The molecule has 0 bridgehead atoms. The normalized spacial score (nSPS) is 11.9. The molecule has 20 heavy (non-hydrogen) atoms. The summed E-state index contributed by atoms with van der Waals surface area (Å²) in [6.07, 6.45) is 1.67. The van der Waals surface area contributed by atoms with E-state index >= 15 is 0 Å². The molecule has 7 heteroatoms. The van der Waals surface area contributed by atoms with E-state index in [2.05, 4.69) is 4.98 Å². The highest BCUT2D eigenvalue weighted by Gasteiger charge is 2.19. The number of benzene rings is 1. The highest BCUT2D eigenvalue weighted by molar-refractivity contribution is 7.89. The number of fused-ring (bicyclic) bond motifs is 1. The Hall–Kier alpha value is -1.86. The summed E-state index contributed by atoms with van der Waals surface area (Å²) in [4.78, 5) is 5.10. The maximum absolute atomic E-state index is 12.1. The Balaban J connectivity index is 1.96. The molecule has 0 spiro atoms. The lowest BCUT2D eigenvalue weighted by molar-refractivity contribution is 0.488. The Morgan fingerprint density at radius 2 is 2.05 bits per heavy atom. The van der Waals surface area contributed by atoms with Gasteiger partial charge in [0.15, 0.2) is 4.21 Å². The molecule has 2 heterocycles. The van der Waals surface area contributed by atoms with Crippen LogP contribution in [-0.2, 0) is 17.2 Å². The van der Waals surface area contributed by atoms with Gasteiger partial charge in [-0.1, -0.05) is 0 Å². The lowest BCUT2D eigenvalue weighted by Crippen LogP contribution is -2.07. The van der Waals surface area contributed by atoms with E-state index in [1.807, 2.05) is 18.5 Å². The first-order chi connectivity index (χ1) is 9.45. The number of aryl methyl sites for hydroxylation is 2. The van der Waals surface area contributed by atoms with E-state index < -0.39 is 10.1 Å². The zero-order valence-electron chi connectivity index (χ0n) is 10.9. The Morgan fingerprint density at radius 3 is 2.75 bits per heavy atom. The van der Waals surface area contributed by atoms with E-state index in [4.69, 9.17) is 4.18 Å². The summed E-state index contributed by atoms with van der Waals surface area (Å²) < 4.78 is 31.5. The largest absolute Gasteiger partial charge is 0.378 e. The summed E-state index contributed by atoms with van der Waals surface area (Å²) >= 11 is 1.19. The Kier molecular flexibility index (Phi) is 3.02. The maximum Gasteiger partial charge on any atom is 0.348 e. The first-order valence-electron chi connectivity index (χ1n) is 5.88. The van der Waals surface area contributed by atoms with Gasteiger partial charge in [-0.2, -0.15) is 8.42 Å². The molecule has 0 fully saturated rings. The van der Waals surface area contributed by atoms with Crippen molar-refractivity contribution in [2.45, 2.75) is 11.1 Å². The molecule has 0 N–H and O–H groups in total. The van der Waals surface area contributed by atoms with Crippen molar-refractivity contribution in [2.75, 3.05) is 0 Å². The SMILES string of the molecule is Cc1ccc(S(=O)(=O)Oc2ccc3c(c2)ncn3C)s1. The van der Waals surface area contributed by atoms with Gasteiger partial charge in [0, 0.05) is 18.0 Å². The second-order valence-corrected chi connectivity index (χ2v) is 7.47. The van der Waals surface area contributed by atoms with Gasteiger partial charge in [-0.15, -0.1) is 11.3 Å². The summed E-state index contributed by atoms with van der Waals surface area (Å²) in [6, 6.07) is 8.33. The van der Waals surface area contributed by atoms with Crippen LogP contribution < -0.4 is 4.18 Å². The number of hydrogen-bond acceptors (Lipinski definition) is 5. The van der Waals surface area contributed by atoms with Gasteiger partial charge in [-0.25, -0.2) is 4.98 Å². The molecule has 3 rings (SSSR count). The fraction of sp³-hybridized carbons (Fsp3) is 0.154. The van der Waals surface area contributed by atoms with Crippen LogP contribution in [0.3, 0.4) is 0 Å². The first kappa shape index (κ1) is 13.1. The molecule has 5 nitrogen and oxygen atoms in total. The lowest BCUT2D eigenvalue weighted by Gasteiger charge is -2.05. The molecule has 0 saturated carbocycles. The fourth-order valence-electron chi connectivity index (χ4n) is 1.88. The minimum atomic E-state index is -3.77. The second kappa shape index (κ2) is 4.60. The van der Waals surface area contributed by atoms with Crippen LogP contribution in [0.2, 0.25) is 0 Å². The van der Waals surface area contributed by atoms with Gasteiger partial charge in [0.05, 0.1) is 17.4 Å². The zero-order valence-corrected chi connectivity index (χ0v) is 12.5. The van der Waals surface area contributed by atoms with Gasteiger partial charge in [0.2, 0.25) is 0 Å². The molecule has 0 unspecified atom stereocenters. The zero-order chi connectivity index (χ0) is 14.3. The predicted molar refractivity (Wildman–Crippen MR) is 77.6 cm³/mol. The van der Waals surface area contributed by atoms with Crippen molar-refractivity contribution in [3.63, 3.8) is 0 Å². The van der Waals surface area contributed by atoms with Crippen LogP contribution >= 0.6 is 11.3 Å². The lowest BCUT2D eigenvalue weighted by atomic mass is 10.3. The Morgan fingerprint density at radius 1 is 1.25 bits per heavy atom. The standard InChI is InChI=1S/C13H12N2O3S2/c1-9-3-6-13(19-9)20(16,17)18-10-4-5-12-11(7-10)14-8-15(12)2/h3-8H,1-2H3. The highest BCUT2D eigenvalue weighted by Crippen LogP contribution is 2.26. The van der Waals surface area contributed by atoms with Crippen LogP contribution in [0.1, 0.15) is 4.88 Å². The third-order valence-electron chi connectivity index (χ3n) is 2.86. The number of imidazole rings is 1. The van der Waals surface area contributed by atoms with E-state index in [9.17, 15) is 8.42 Å². The first-order valence-corrected chi connectivity index (χ1v) is 8.10. The molecule has 2 aromatic heterocycles. The smallest absolute Gasteiger partial charge is 0.348 e. The van der Waals surface area contributed by atoms with E-state index in [0.717, 1.165) is 10.4 Å². The molecular weight excluding hydrogens is 296 g/mol. The van der Waals surface area contributed by atoms with Crippen LogP contribution in [0, 0.1) is 6.92 Å². The molecule has 0 aliphatic carbocycles. The number of rotatable bonds is 3. The Bertz CT molecular complexity index is 878. The number of hydrogen-bond donors (Lipinski definition) is 0. The van der Waals surface area contributed by atoms with Crippen molar-refractivity contribution in [1.29, 1.82) is 0 Å². The number of nitrogens with zero attached hydrogens (tertiary/aromatic N) is 2. The van der Waals surface area contributed by atoms with Gasteiger partial charge in [0.25, 0.3) is 0 Å². The van der Waals surface area contributed by atoms with Gasteiger partial charge < -0.3 is 8.75 Å². The summed E-state index contributed by atoms with van der Waals surface area (Å²) in [7, 11) is -1.89. The minimum Gasteiger partial charge on any atom is -0.378 e. The minimum absolute atomic E-state index is 0.205. The highest BCUT2D eigenvalue weighted by atomic mass is 32.3. The molecule has 0 amide bonds. The Labute approximate surface area is 120 Å². The van der Waals surface area contributed by atoms with Crippen molar-refractivity contribution in [3.05, 3.63) is 41.5 Å². The van der Waals surface area contributed by atoms with Crippen molar-refractivity contribution < 1.29 is 12.6 Å². The number of aromatic nitrogens is 2. The average Bonchev–Trinajstić information content (AvgIpc) is 2.96. The van der Waals surface area contributed by atoms with Crippen molar-refractivity contribution in [1.82, 2.24) is 9.55 Å². The van der Waals surface area contributed by atoms with E-state index in [-0.39, 0.29) is 9.96 Å². The molecule has 0 radical (unpaired) electrons. The van der Waals surface area contributed by atoms with Crippen molar-refractivity contribution in [3.8, 4) is 5.75 Å². The van der Waals surface area contributed by atoms with Gasteiger partial charge in [-0.3, -0.25) is 0 Å². The van der Waals surface area contributed by atoms with E-state index in [1.165, 1.54) is 11.3 Å². The maximum atomic E-state index is 12.1. The quantitative estimate of drug-likeness (QED) is 0.698. The third kappa shape index (κ3) is 2.30. The van der Waals surface area contributed by atoms with Crippen molar-refractivity contribution >= 4 is 32.5 Å². The molecule has 0 aliphatic heterocycles. The summed E-state index contributed by atoms with van der Waals surface area (Å²) in [6.45, 7) is 1.85. The summed E-state index contributed by atoms with van der Waals surface area (Å²) in [5.74, 6) is 0.266. The van der Waals surface area contributed by atoms with Crippen LogP contribution in [0.25, 0.3) is 11.0 Å². The molecule has 3 aromatic rings. The molecule has 0 saturated heterocycles. The van der Waals surface area contributed by atoms with Crippen LogP contribution in [-0.4, -0.2) is 18.0 Å². The predicted octanol–water partition coefficient (Wildman–Crippen LogP) is 2.71. The van der Waals surface area contributed by atoms with Gasteiger partial charge in [0.1, 0.15) is 5.75 Å².